The summed E-state index contributed by atoms with van der Waals surface area (Å²) in [6, 6.07) is 11.6. The van der Waals surface area contributed by atoms with Gasteiger partial charge in [-0.1, -0.05) is 11.6 Å². The lowest BCUT2D eigenvalue weighted by atomic mass is 10.2. The summed E-state index contributed by atoms with van der Waals surface area (Å²) < 4.78 is 0. The minimum atomic E-state index is -1.15. The van der Waals surface area contributed by atoms with Crippen LogP contribution in [0.25, 0.3) is 0 Å². The SMILES string of the molecule is O=C(CSc1ccc(NC(=O)C2CC2)cc1)Nc1ccc(Cl)c(C(=O)O)c1. The fourth-order valence-electron chi connectivity index (χ4n) is 2.34. The maximum atomic E-state index is 12.1. The maximum absolute atomic E-state index is 12.1. The number of nitrogens with one attached hydrogen (secondary N) is 2. The first-order valence-electron chi connectivity index (χ1n) is 8.29. The van der Waals surface area contributed by atoms with Crippen LogP contribution >= 0.6 is 23.4 Å². The molecule has 0 radical (unpaired) electrons. The zero-order valence-corrected chi connectivity index (χ0v) is 15.8. The predicted molar refractivity (Wildman–Crippen MR) is 106 cm³/mol. The molecule has 27 heavy (non-hydrogen) atoms. The zero-order valence-electron chi connectivity index (χ0n) is 14.2. The summed E-state index contributed by atoms with van der Waals surface area (Å²) in [4.78, 5) is 35.8. The van der Waals surface area contributed by atoms with Crippen LogP contribution in [0.3, 0.4) is 0 Å². The number of carboxylic acid groups (broad SMARTS) is 1. The largest absolute Gasteiger partial charge is 0.478 e. The number of hydrogen-bond donors (Lipinski definition) is 3. The van der Waals surface area contributed by atoms with Crippen molar-refractivity contribution in [3.8, 4) is 0 Å². The number of thioether (sulfide) groups is 1. The van der Waals surface area contributed by atoms with Gasteiger partial charge in [0.1, 0.15) is 0 Å². The van der Waals surface area contributed by atoms with Crippen LogP contribution in [-0.2, 0) is 9.59 Å². The van der Waals surface area contributed by atoms with E-state index in [2.05, 4.69) is 10.6 Å². The van der Waals surface area contributed by atoms with Crippen molar-refractivity contribution in [3.63, 3.8) is 0 Å². The number of amides is 2. The van der Waals surface area contributed by atoms with Crippen LogP contribution in [0.15, 0.2) is 47.4 Å². The minimum Gasteiger partial charge on any atom is -0.478 e. The lowest BCUT2D eigenvalue weighted by Gasteiger charge is -2.08. The van der Waals surface area contributed by atoms with Crippen molar-refractivity contribution in [3.05, 3.63) is 53.1 Å². The highest BCUT2D eigenvalue weighted by molar-refractivity contribution is 8.00. The molecule has 2 amide bonds. The van der Waals surface area contributed by atoms with E-state index in [-0.39, 0.29) is 34.1 Å². The summed E-state index contributed by atoms with van der Waals surface area (Å²) in [5, 5.41) is 14.7. The Hall–Kier alpha value is -2.51. The highest BCUT2D eigenvalue weighted by Crippen LogP contribution is 2.30. The number of carboxylic acids is 1. The van der Waals surface area contributed by atoms with Gasteiger partial charge in [-0.25, -0.2) is 4.79 Å². The Morgan fingerprint density at radius 2 is 1.70 bits per heavy atom. The van der Waals surface area contributed by atoms with E-state index in [9.17, 15) is 14.4 Å². The van der Waals surface area contributed by atoms with Crippen molar-refractivity contribution in [1.82, 2.24) is 0 Å². The molecule has 0 heterocycles. The van der Waals surface area contributed by atoms with Crippen molar-refractivity contribution in [2.45, 2.75) is 17.7 Å². The molecule has 0 aliphatic heterocycles. The molecule has 0 aromatic heterocycles. The molecule has 0 unspecified atom stereocenters. The molecule has 0 saturated heterocycles. The Kier molecular flexibility index (Phi) is 6.03. The number of rotatable bonds is 7. The zero-order chi connectivity index (χ0) is 19.4. The molecule has 1 aliphatic rings. The molecule has 0 spiro atoms. The third-order valence-corrected chi connectivity index (χ3v) is 5.26. The number of carbonyl (C=O) groups is 3. The Morgan fingerprint density at radius 1 is 1.04 bits per heavy atom. The first-order chi connectivity index (χ1) is 12.9. The van der Waals surface area contributed by atoms with Gasteiger partial charge in [-0.15, -0.1) is 11.8 Å². The molecule has 3 rings (SSSR count). The van der Waals surface area contributed by atoms with Gasteiger partial charge in [0.25, 0.3) is 0 Å². The van der Waals surface area contributed by atoms with Crippen LogP contribution in [0.2, 0.25) is 5.02 Å². The van der Waals surface area contributed by atoms with Crippen LogP contribution < -0.4 is 10.6 Å². The van der Waals surface area contributed by atoms with Crippen molar-refractivity contribution in [2.24, 2.45) is 5.92 Å². The molecule has 140 valence electrons. The van der Waals surface area contributed by atoms with Gasteiger partial charge in [0, 0.05) is 22.2 Å². The molecule has 6 nitrogen and oxygen atoms in total. The van der Waals surface area contributed by atoms with E-state index in [1.807, 2.05) is 12.1 Å². The van der Waals surface area contributed by atoms with Gasteiger partial charge in [-0.2, -0.15) is 0 Å². The Labute approximate surface area is 165 Å². The van der Waals surface area contributed by atoms with E-state index in [4.69, 9.17) is 16.7 Å². The Morgan fingerprint density at radius 3 is 2.33 bits per heavy atom. The Bertz CT molecular complexity index is 882. The number of halogens is 1. The molecule has 2 aromatic rings. The summed E-state index contributed by atoms with van der Waals surface area (Å²) in [6.45, 7) is 0. The van der Waals surface area contributed by atoms with Crippen LogP contribution in [0.4, 0.5) is 11.4 Å². The summed E-state index contributed by atoms with van der Waals surface area (Å²) in [7, 11) is 0. The van der Waals surface area contributed by atoms with Crippen LogP contribution in [0.5, 0.6) is 0 Å². The predicted octanol–water partition coefficient (Wildman–Crippen LogP) is 4.12. The number of anilines is 2. The van der Waals surface area contributed by atoms with Gasteiger partial charge in [0.05, 0.1) is 16.3 Å². The van der Waals surface area contributed by atoms with Crippen molar-refractivity contribution in [2.75, 3.05) is 16.4 Å². The number of carbonyl (C=O) groups excluding carboxylic acids is 2. The first-order valence-corrected chi connectivity index (χ1v) is 9.65. The van der Waals surface area contributed by atoms with Crippen LogP contribution in [0.1, 0.15) is 23.2 Å². The Balaban J connectivity index is 1.50. The lowest BCUT2D eigenvalue weighted by Crippen LogP contribution is -2.14. The third kappa shape index (κ3) is 5.48. The first kappa shape index (κ1) is 19.3. The van der Waals surface area contributed by atoms with E-state index < -0.39 is 5.97 Å². The highest BCUT2D eigenvalue weighted by atomic mass is 35.5. The molecular weight excluding hydrogens is 388 g/mol. The van der Waals surface area contributed by atoms with E-state index in [1.54, 1.807) is 18.2 Å². The molecule has 8 heteroatoms. The number of benzene rings is 2. The summed E-state index contributed by atoms with van der Waals surface area (Å²) >= 11 is 7.15. The summed E-state index contributed by atoms with van der Waals surface area (Å²) in [5.74, 6) is -1.04. The van der Waals surface area contributed by atoms with Crippen molar-refractivity contribution >= 4 is 52.5 Å². The monoisotopic (exact) mass is 404 g/mol. The van der Waals surface area contributed by atoms with Gasteiger partial charge >= 0.3 is 5.97 Å². The van der Waals surface area contributed by atoms with E-state index in [0.717, 1.165) is 23.4 Å². The van der Waals surface area contributed by atoms with Gasteiger partial charge in [-0.3, -0.25) is 9.59 Å². The highest BCUT2D eigenvalue weighted by Gasteiger charge is 2.29. The fourth-order valence-corrected chi connectivity index (χ4v) is 3.23. The molecule has 2 aromatic carbocycles. The average Bonchev–Trinajstić information content (AvgIpc) is 3.48. The standard InChI is InChI=1S/C19H17ClN2O4S/c20-16-8-5-13(9-15(16)19(25)26)21-17(23)10-27-14-6-3-12(4-7-14)22-18(24)11-1-2-11/h3-9,11H,1-2,10H2,(H,21,23)(H,22,24)(H,25,26). The molecule has 1 saturated carbocycles. The lowest BCUT2D eigenvalue weighted by molar-refractivity contribution is -0.117. The minimum absolute atomic E-state index is 0.0541. The molecule has 1 aliphatic carbocycles. The fraction of sp³-hybridized carbons (Fsp3) is 0.211. The second-order valence-electron chi connectivity index (χ2n) is 6.12. The normalized spacial score (nSPS) is 13.1. The van der Waals surface area contributed by atoms with Gasteiger partial charge in [-0.05, 0) is 55.3 Å². The van der Waals surface area contributed by atoms with E-state index in [1.165, 1.54) is 23.9 Å². The van der Waals surface area contributed by atoms with Gasteiger partial charge < -0.3 is 15.7 Å². The molecule has 1 fully saturated rings. The molecule has 3 N–H and O–H groups in total. The average molecular weight is 405 g/mol. The molecule has 0 bridgehead atoms. The van der Waals surface area contributed by atoms with Crippen molar-refractivity contribution < 1.29 is 19.5 Å². The molecular formula is C19H17ClN2O4S. The quantitative estimate of drug-likeness (QED) is 0.603. The molecule has 0 atom stereocenters. The second kappa shape index (κ2) is 8.45. The maximum Gasteiger partial charge on any atom is 0.337 e. The second-order valence-corrected chi connectivity index (χ2v) is 7.58. The number of hydrogen-bond acceptors (Lipinski definition) is 4. The van der Waals surface area contributed by atoms with Crippen LogP contribution in [0, 0.1) is 5.92 Å². The topological polar surface area (TPSA) is 95.5 Å². The van der Waals surface area contributed by atoms with Crippen LogP contribution in [-0.4, -0.2) is 28.6 Å². The smallest absolute Gasteiger partial charge is 0.337 e. The third-order valence-electron chi connectivity index (χ3n) is 3.92. The van der Waals surface area contributed by atoms with Gasteiger partial charge in [0.15, 0.2) is 0 Å². The van der Waals surface area contributed by atoms with Gasteiger partial charge in [0.2, 0.25) is 11.8 Å². The van der Waals surface area contributed by atoms with Crippen molar-refractivity contribution in [1.29, 1.82) is 0 Å². The summed E-state index contributed by atoms with van der Waals surface area (Å²) in [6.07, 6.45) is 1.91. The van der Waals surface area contributed by atoms with E-state index in [0.29, 0.717) is 5.69 Å². The number of aromatic carboxylic acids is 1. The summed E-state index contributed by atoms with van der Waals surface area (Å²) in [5.41, 5.74) is 1.05. The van der Waals surface area contributed by atoms with E-state index >= 15 is 0 Å².